The molecule has 1 rings (SSSR count). The summed E-state index contributed by atoms with van der Waals surface area (Å²) in [5.41, 5.74) is -0.462. The minimum absolute atomic E-state index is 0.00328. The summed E-state index contributed by atoms with van der Waals surface area (Å²) in [6.07, 6.45) is 0.0179. The van der Waals surface area contributed by atoms with Gasteiger partial charge in [0.25, 0.3) is 0 Å². The third-order valence-electron chi connectivity index (χ3n) is 2.71. The number of hydrogen-bond donors (Lipinski definition) is 1. The Morgan fingerprint density at radius 1 is 1.43 bits per heavy atom. The standard InChI is InChI=1S/C12H12Cl2N2O4S/c1-2-16(7-3-6-15)21(19,20)9-5-4-8(13)10(11(9)14)12(17)18/h4-5H,2-3,7H2,1H3,(H,17,18). The van der Waals surface area contributed by atoms with E-state index in [0.29, 0.717) is 0 Å². The van der Waals surface area contributed by atoms with Crippen LogP contribution in [-0.4, -0.2) is 36.9 Å². The predicted octanol–water partition coefficient (Wildman–Crippen LogP) is 2.62. The molecule has 0 amide bonds. The molecule has 0 bridgehead atoms. The molecule has 1 aromatic carbocycles. The van der Waals surface area contributed by atoms with Crippen molar-refractivity contribution in [2.75, 3.05) is 13.1 Å². The van der Waals surface area contributed by atoms with Crippen molar-refractivity contribution in [2.24, 2.45) is 0 Å². The topological polar surface area (TPSA) is 98.5 Å². The quantitative estimate of drug-likeness (QED) is 0.849. The number of carboxylic acid groups (broad SMARTS) is 1. The molecular weight excluding hydrogens is 339 g/mol. The van der Waals surface area contributed by atoms with Gasteiger partial charge in [-0.15, -0.1) is 0 Å². The number of rotatable bonds is 6. The van der Waals surface area contributed by atoms with Gasteiger partial charge in [-0.25, -0.2) is 13.2 Å². The second kappa shape index (κ2) is 7.09. The number of hydrogen-bond acceptors (Lipinski definition) is 4. The van der Waals surface area contributed by atoms with E-state index in [0.717, 1.165) is 10.4 Å². The Morgan fingerprint density at radius 3 is 2.52 bits per heavy atom. The highest BCUT2D eigenvalue weighted by atomic mass is 35.5. The molecule has 0 aliphatic carbocycles. The Bertz CT molecular complexity index is 698. The number of carboxylic acids is 1. The van der Waals surface area contributed by atoms with Gasteiger partial charge in [0.15, 0.2) is 0 Å². The van der Waals surface area contributed by atoms with Crippen LogP contribution in [-0.2, 0) is 10.0 Å². The van der Waals surface area contributed by atoms with Crippen molar-refractivity contribution >= 4 is 39.2 Å². The van der Waals surface area contributed by atoms with Crippen LogP contribution in [0.1, 0.15) is 23.7 Å². The Morgan fingerprint density at radius 2 is 2.05 bits per heavy atom. The van der Waals surface area contributed by atoms with Gasteiger partial charge in [0.1, 0.15) is 4.90 Å². The van der Waals surface area contributed by atoms with Crippen LogP contribution in [0.5, 0.6) is 0 Å². The van der Waals surface area contributed by atoms with Crippen LogP contribution in [0.15, 0.2) is 17.0 Å². The van der Waals surface area contributed by atoms with Crippen molar-refractivity contribution in [2.45, 2.75) is 18.2 Å². The van der Waals surface area contributed by atoms with Gasteiger partial charge in [0.2, 0.25) is 10.0 Å². The number of nitriles is 1. The summed E-state index contributed by atoms with van der Waals surface area (Å²) in [6.45, 7) is 1.74. The smallest absolute Gasteiger partial charge is 0.338 e. The zero-order valence-electron chi connectivity index (χ0n) is 11.0. The fourth-order valence-corrected chi connectivity index (χ4v) is 4.03. The molecule has 0 atom stereocenters. The summed E-state index contributed by atoms with van der Waals surface area (Å²) in [7, 11) is -4.00. The molecule has 0 saturated heterocycles. The lowest BCUT2D eigenvalue weighted by atomic mass is 10.2. The summed E-state index contributed by atoms with van der Waals surface area (Å²) in [4.78, 5) is 10.8. The number of sulfonamides is 1. The summed E-state index contributed by atoms with van der Waals surface area (Å²) in [6, 6.07) is 4.18. The molecule has 0 aliphatic rings. The Hall–Kier alpha value is -1.33. The number of halogens is 2. The highest BCUT2D eigenvalue weighted by Gasteiger charge is 2.29. The van der Waals surface area contributed by atoms with E-state index in [9.17, 15) is 13.2 Å². The Labute approximate surface area is 132 Å². The monoisotopic (exact) mass is 350 g/mol. The molecule has 0 heterocycles. The van der Waals surface area contributed by atoms with Crippen LogP contribution in [0.3, 0.4) is 0 Å². The van der Waals surface area contributed by atoms with Crippen LogP contribution in [0.25, 0.3) is 0 Å². The molecule has 6 nitrogen and oxygen atoms in total. The van der Waals surface area contributed by atoms with E-state index in [1.807, 2.05) is 6.07 Å². The summed E-state index contributed by atoms with van der Waals surface area (Å²) in [5.74, 6) is -1.41. The Balaban J connectivity index is 3.42. The third-order valence-corrected chi connectivity index (χ3v) is 5.55. The predicted molar refractivity (Wildman–Crippen MR) is 78.1 cm³/mol. The van der Waals surface area contributed by atoms with Gasteiger partial charge in [-0.3, -0.25) is 0 Å². The van der Waals surface area contributed by atoms with Gasteiger partial charge >= 0.3 is 5.97 Å². The van der Waals surface area contributed by atoms with Crippen molar-refractivity contribution in [3.8, 4) is 6.07 Å². The van der Waals surface area contributed by atoms with E-state index in [1.54, 1.807) is 6.92 Å². The van der Waals surface area contributed by atoms with Gasteiger partial charge in [0.05, 0.1) is 21.7 Å². The van der Waals surface area contributed by atoms with Crippen molar-refractivity contribution in [3.05, 3.63) is 27.7 Å². The van der Waals surface area contributed by atoms with Crippen LogP contribution < -0.4 is 0 Å². The van der Waals surface area contributed by atoms with Crippen LogP contribution in [0.2, 0.25) is 10.0 Å². The average Bonchev–Trinajstić information content (AvgIpc) is 2.38. The van der Waals surface area contributed by atoms with Crippen LogP contribution in [0.4, 0.5) is 0 Å². The SMILES string of the molecule is CCN(CCC#N)S(=O)(=O)c1ccc(Cl)c(C(=O)O)c1Cl. The van der Waals surface area contributed by atoms with E-state index in [2.05, 4.69) is 0 Å². The minimum Gasteiger partial charge on any atom is -0.478 e. The highest BCUT2D eigenvalue weighted by Crippen LogP contribution is 2.32. The van der Waals surface area contributed by atoms with Gasteiger partial charge < -0.3 is 5.11 Å². The maximum Gasteiger partial charge on any atom is 0.338 e. The molecule has 114 valence electrons. The summed E-state index contributed by atoms with van der Waals surface area (Å²) in [5, 5.41) is 17.0. The van der Waals surface area contributed by atoms with Crippen LogP contribution >= 0.6 is 23.2 Å². The maximum atomic E-state index is 12.5. The molecule has 1 aromatic rings. The highest BCUT2D eigenvalue weighted by molar-refractivity contribution is 7.89. The minimum atomic E-state index is -4.00. The van der Waals surface area contributed by atoms with Gasteiger partial charge in [-0.2, -0.15) is 9.57 Å². The van der Waals surface area contributed by atoms with E-state index >= 15 is 0 Å². The number of nitrogens with zero attached hydrogens (tertiary/aromatic N) is 2. The zero-order chi connectivity index (χ0) is 16.2. The largest absolute Gasteiger partial charge is 0.478 e. The molecule has 21 heavy (non-hydrogen) atoms. The lowest BCUT2D eigenvalue weighted by Gasteiger charge is -2.20. The Kier molecular flexibility index (Phi) is 5.98. The van der Waals surface area contributed by atoms with E-state index in [4.69, 9.17) is 33.6 Å². The molecule has 0 spiro atoms. The fraction of sp³-hybridized carbons (Fsp3) is 0.333. The molecule has 1 N–H and O–H groups in total. The lowest BCUT2D eigenvalue weighted by molar-refractivity contribution is 0.0697. The molecule has 0 aliphatic heterocycles. The molecule has 0 unspecified atom stereocenters. The molecule has 9 heteroatoms. The van der Waals surface area contributed by atoms with Gasteiger partial charge in [-0.1, -0.05) is 30.1 Å². The van der Waals surface area contributed by atoms with Crippen molar-refractivity contribution in [3.63, 3.8) is 0 Å². The van der Waals surface area contributed by atoms with E-state index in [1.165, 1.54) is 6.07 Å². The molecule has 0 aromatic heterocycles. The summed E-state index contributed by atoms with van der Waals surface area (Å²) >= 11 is 11.6. The second-order valence-corrected chi connectivity index (χ2v) is 6.64. The first kappa shape index (κ1) is 17.7. The fourth-order valence-electron chi connectivity index (χ4n) is 1.69. The van der Waals surface area contributed by atoms with Crippen molar-refractivity contribution in [1.82, 2.24) is 4.31 Å². The first-order valence-corrected chi connectivity index (χ1v) is 8.05. The maximum absolute atomic E-state index is 12.5. The zero-order valence-corrected chi connectivity index (χ0v) is 13.3. The summed E-state index contributed by atoms with van der Waals surface area (Å²) < 4.78 is 26.0. The molecular formula is C12H12Cl2N2O4S. The van der Waals surface area contributed by atoms with Crippen molar-refractivity contribution in [1.29, 1.82) is 5.26 Å². The number of benzene rings is 1. The van der Waals surface area contributed by atoms with E-state index in [-0.39, 0.29) is 29.4 Å². The first-order valence-electron chi connectivity index (χ1n) is 5.85. The van der Waals surface area contributed by atoms with Crippen LogP contribution in [0, 0.1) is 11.3 Å². The second-order valence-electron chi connectivity index (χ2n) is 3.94. The van der Waals surface area contributed by atoms with E-state index < -0.39 is 26.6 Å². The first-order chi connectivity index (χ1) is 9.77. The molecule has 0 fully saturated rings. The molecule has 0 saturated carbocycles. The number of aromatic carboxylic acids is 1. The molecule has 0 radical (unpaired) electrons. The third kappa shape index (κ3) is 3.66. The number of carbonyl (C=O) groups is 1. The lowest BCUT2D eigenvalue weighted by Crippen LogP contribution is -2.32. The average molecular weight is 351 g/mol. The van der Waals surface area contributed by atoms with Gasteiger partial charge in [0, 0.05) is 19.5 Å². The van der Waals surface area contributed by atoms with Gasteiger partial charge in [-0.05, 0) is 12.1 Å². The van der Waals surface area contributed by atoms with Crippen molar-refractivity contribution < 1.29 is 18.3 Å². The normalized spacial score (nSPS) is 11.4.